The standard InChI is InChI=1S/C18H22N4S2/c1-4-21-17(16-6-5-11-24-16)19-22(18(21)23)13-20(3)12-15-9-7-14(2)8-10-15/h5-11H,4,12-13H2,1-3H3. The molecule has 6 heteroatoms. The lowest BCUT2D eigenvalue weighted by Crippen LogP contribution is -2.22. The van der Waals surface area contributed by atoms with Gasteiger partial charge < -0.3 is 0 Å². The summed E-state index contributed by atoms with van der Waals surface area (Å²) >= 11 is 7.32. The Balaban J connectivity index is 1.79. The lowest BCUT2D eigenvalue weighted by molar-refractivity contribution is 0.244. The monoisotopic (exact) mass is 358 g/mol. The van der Waals surface area contributed by atoms with Crippen LogP contribution in [0.4, 0.5) is 0 Å². The van der Waals surface area contributed by atoms with Crippen LogP contribution in [0.25, 0.3) is 10.7 Å². The molecule has 0 amide bonds. The maximum absolute atomic E-state index is 5.63. The zero-order chi connectivity index (χ0) is 17.1. The molecule has 4 nitrogen and oxygen atoms in total. The van der Waals surface area contributed by atoms with Crippen molar-refractivity contribution in [3.63, 3.8) is 0 Å². The van der Waals surface area contributed by atoms with Crippen molar-refractivity contribution < 1.29 is 0 Å². The van der Waals surface area contributed by atoms with Crippen molar-refractivity contribution in [3.8, 4) is 10.7 Å². The molecule has 0 aliphatic carbocycles. The fourth-order valence-corrected chi connectivity index (χ4v) is 3.72. The summed E-state index contributed by atoms with van der Waals surface area (Å²) in [5, 5.41) is 6.83. The highest BCUT2D eigenvalue weighted by molar-refractivity contribution is 7.71. The third-order valence-electron chi connectivity index (χ3n) is 3.93. The topological polar surface area (TPSA) is 26.0 Å². The van der Waals surface area contributed by atoms with Crippen molar-refractivity contribution in [3.05, 3.63) is 57.7 Å². The van der Waals surface area contributed by atoms with Crippen LogP contribution in [0.1, 0.15) is 18.1 Å². The molecule has 0 spiro atoms. The lowest BCUT2D eigenvalue weighted by atomic mass is 10.1. The fraction of sp³-hybridized carbons (Fsp3) is 0.333. The summed E-state index contributed by atoms with van der Waals surface area (Å²) in [6, 6.07) is 12.8. The Morgan fingerprint density at radius 2 is 1.96 bits per heavy atom. The summed E-state index contributed by atoms with van der Waals surface area (Å²) in [6.07, 6.45) is 0. The predicted molar refractivity (Wildman–Crippen MR) is 103 cm³/mol. The number of nitrogens with zero attached hydrogens (tertiary/aromatic N) is 4. The Kier molecular flexibility index (Phi) is 5.28. The summed E-state index contributed by atoms with van der Waals surface area (Å²) in [5.74, 6) is 0.959. The molecule has 0 bridgehead atoms. The molecule has 1 aromatic carbocycles. The van der Waals surface area contributed by atoms with Gasteiger partial charge >= 0.3 is 0 Å². The van der Waals surface area contributed by atoms with Gasteiger partial charge in [-0.25, -0.2) is 4.68 Å². The minimum Gasteiger partial charge on any atom is -0.300 e. The summed E-state index contributed by atoms with van der Waals surface area (Å²) in [7, 11) is 2.09. The smallest absolute Gasteiger partial charge is 0.199 e. The second-order valence-corrected chi connectivity index (χ2v) is 7.28. The van der Waals surface area contributed by atoms with E-state index in [9.17, 15) is 0 Å². The summed E-state index contributed by atoms with van der Waals surface area (Å²) in [4.78, 5) is 3.38. The lowest BCUT2D eigenvalue weighted by Gasteiger charge is -2.16. The van der Waals surface area contributed by atoms with Crippen LogP contribution in [0.15, 0.2) is 41.8 Å². The van der Waals surface area contributed by atoms with Crippen LogP contribution in [-0.4, -0.2) is 26.3 Å². The van der Waals surface area contributed by atoms with Crippen LogP contribution in [0, 0.1) is 11.7 Å². The zero-order valence-electron chi connectivity index (χ0n) is 14.3. The van der Waals surface area contributed by atoms with Crippen LogP contribution < -0.4 is 0 Å². The maximum Gasteiger partial charge on any atom is 0.199 e. The largest absolute Gasteiger partial charge is 0.300 e. The molecular weight excluding hydrogens is 336 g/mol. The molecule has 3 aromatic rings. The fourth-order valence-electron chi connectivity index (χ4n) is 2.69. The minimum absolute atomic E-state index is 0.679. The van der Waals surface area contributed by atoms with E-state index in [-0.39, 0.29) is 0 Å². The van der Waals surface area contributed by atoms with Crippen molar-refractivity contribution in [2.24, 2.45) is 0 Å². The van der Waals surface area contributed by atoms with Crippen molar-refractivity contribution >= 4 is 23.6 Å². The van der Waals surface area contributed by atoms with E-state index in [1.165, 1.54) is 11.1 Å². The predicted octanol–water partition coefficient (Wildman–Crippen LogP) is 4.56. The molecule has 24 heavy (non-hydrogen) atoms. The Hall–Kier alpha value is -1.76. The summed E-state index contributed by atoms with van der Waals surface area (Å²) in [5.41, 5.74) is 2.58. The van der Waals surface area contributed by atoms with Gasteiger partial charge in [0.2, 0.25) is 0 Å². The Morgan fingerprint density at radius 1 is 1.21 bits per heavy atom. The highest BCUT2D eigenvalue weighted by Crippen LogP contribution is 2.23. The van der Waals surface area contributed by atoms with Crippen molar-refractivity contribution in [2.45, 2.75) is 33.6 Å². The van der Waals surface area contributed by atoms with E-state index in [4.69, 9.17) is 17.3 Å². The number of hydrogen-bond acceptors (Lipinski definition) is 4. The van der Waals surface area contributed by atoms with Gasteiger partial charge in [-0.15, -0.1) is 16.4 Å². The van der Waals surface area contributed by atoms with E-state index in [2.05, 4.69) is 66.1 Å². The first-order valence-electron chi connectivity index (χ1n) is 8.04. The van der Waals surface area contributed by atoms with Gasteiger partial charge in [-0.1, -0.05) is 35.9 Å². The first-order chi connectivity index (χ1) is 11.6. The maximum atomic E-state index is 5.63. The van der Waals surface area contributed by atoms with E-state index in [1.807, 2.05) is 10.7 Å². The second kappa shape index (κ2) is 7.42. The average molecular weight is 359 g/mol. The quantitative estimate of drug-likeness (QED) is 0.604. The van der Waals surface area contributed by atoms with Crippen molar-refractivity contribution in [1.82, 2.24) is 19.2 Å². The molecule has 0 fully saturated rings. The molecule has 126 valence electrons. The highest BCUT2D eigenvalue weighted by atomic mass is 32.1. The molecule has 0 aliphatic rings. The second-order valence-electron chi connectivity index (χ2n) is 5.97. The van der Waals surface area contributed by atoms with Crippen LogP contribution in [0.3, 0.4) is 0 Å². The van der Waals surface area contributed by atoms with Gasteiger partial charge in [0.05, 0.1) is 11.5 Å². The normalized spacial score (nSPS) is 11.3. The van der Waals surface area contributed by atoms with E-state index in [1.54, 1.807) is 11.3 Å². The number of thiophene rings is 1. The van der Waals surface area contributed by atoms with Gasteiger partial charge in [0.15, 0.2) is 10.6 Å². The molecule has 0 unspecified atom stereocenters. The number of rotatable bonds is 6. The first kappa shape index (κ1) is 17.1. The number of hydrogen-bond donors (Lipinski definition) is 0. The molecule has 0 radical (unpaired) electrons. The SMILES string of the molecule is CCn1c(-c2cccs2)nn(CN(C)Cc2ccc(C)cc2)c1=S. The van der Waals surface area contributed by atoms with Gasteiger partial charge in [0.1, 0.15) is 0 Å². The molecule has 0 atom stereocenters. The van der Waals surface area contributed by atoms with Crippen LogP contribution >= 0.6 is 23.6 Å². The molecule has 0 aliphatic heterocycles. The minimum atomic E-state index is 0.679. The Morgan fingerprint density at radius 3 is 2.58 bits per heavy atom. The van der Waals surface area contributed by atoms with Crippen molar-refractivity contribution in [2.75, 3.05) is 7.05 Å². The van der Waals surface area contributed by atoms with Gasteiger partial charge in [-0.2, -0.15) is 0 Å². The van der Waals surface area contributed by atoms with Gasteiger partial charge in [-0.05, 0) is 50.1 Å². The van der Waals surface area contributed by atoms with E-state index < -0.39 is 0 Å². The van der Waals surface area contributed by atoms with E-state index in [0.717, 1.165) is 28.6 Å². The van der Waals surface area contributed by atoms with Gasteiger partial charge in [0.25, 0.3) is 0 Å². The van der Waals surface area contributed by atoms with Crippen LogP contribution in [0.5, 0.6) is 0 Å². The summed E-state index contributed by atoms with van der Waals surface area (Å²) < 4.78 is 4.79. The number of aryl methyl sites for hydroxylation is 1. The number of benzene rings is 1. The Bertz CT molecular complexity index is 844. The molecule has 0 saturated carbocycles. The molecule has 2 heterocycles. The van der Waals surface area contributed by atoms with Gasteiger partial charge in [0, 0.05) is 13.1 Å². The van der Waals surface area contributed by atoms with Gasteiger partial charge in [-0.3, -0.25) is 9.47 Å². The van der Waals surface area contributed by atoms with E-state index in [0.29, 0.717) is 6.67 Å². The average Bonchev–Trinajstić information content (AvgIpc) is 3.18. The Labute approximate surface area is 152 Å². The molecule has 0 saturated heterocycles. The van der Waals surface area contributed by atoms with Crippen LogP contribution in [-0.2, 0) is 19.8 Å². The molecule has 2 aromatic heterocycles. The third-order valence-corrected chi connectivity index (χ3v) is 5.23. The molecule has 0 N–H and O–H groups in total. The molecular formula is C18H22N4S2. The third kappa shape index (κ3) is 3.66. The number of aromatic nitrogens is 3. The summed E-state index contributed by atoms with van der Waals surface area (Å²) in [6.45, 7) is 6.59. The molecule has 3 rings (SSSR count). The highest BCUT2D eigenvalue weighted by Gasteiger charge is 2.13. The first-order valence-corrected chi connectivity index (χ1v) is 9.33. The van der Waals surface area contributed by atoms with E-state index >= 15 is 0 Å². The van der Waals surface area contributed by atoms with Crippen LogP contribution in [0.2, 0.25) is 0 Å². The zero-order valence-corrected chi connectivity index (χ0v) is 15.9. The van der Waals surface area contributed by atoms with Crippen molar-refractivity contribution in [1.29, 1.82) is 0 Å².